The van der Waals surface area contributed by atoms with Crippen LogP contribution in [0, 0.1) is 17.7 Å². The summed E-state index contributed by atoms with van der Waals surface area (Å²) >= 11 is 0. The van der Waals surface area contributed by atoms with Crippen LogP contribution in [0.5, 0.6) is 0 Å². The largest absolute Gasteiger partial charge is 0.335 e. The highest BCUT2D eigenvalue weighted by Gasteiger charge is 2.45. The van der Waals surface area contributed by atoms with Crippen LogP contribution in [0.3, 0.4) is 0 Å². The van der Waals surface area contributed by atoms with Crippen LogP contribution in [0.4, 0.5) is 9.18 Å². The number of amides is 2. The molecule has 5 heteroatoms. The summed E-state index contributed by atoms with van der Waals surface area (Å²) in [6.45, 7) is 0.650. The van der Waals surface area contributed by atoms with Gasteiger partial charge in [0.1, 0.15) is 5.82 Å². The van der Waals surface area contributed by atoms with Crippen LogP contribution >= 0.6 is 0 Å². The van der Waals surface area contributed by atoms with Gasteiger partial charge in [-0.05, 0) is 66.3 Å². The molecule has 6 rings (SSSR count). The first-order valence-electron chi connectivity index (χ1n) is 10.3. The molecule has 146 valence electrons. The normalized spacial score (nSPS) is 30.9. The third-order valence-corrected chi connectivity index (χ3v) is 6.95. The first-order chi connectivity index (χ1) is 13.6. The van der Waals surface area contributed by atoms with Gasteiger partial charge in [0.25, 0.3) is 0 Å². The Kier molecular flexibility index (Phi) is 4.35. The average molecular weight is 379 g/mol. The number of nitrogens with two attached hydrogens (primary N) is 1. The monoisotopic (exact) mass is 379 g/mol. The molecule has 0 spiro atoms. The van der Waals surface area contributed by atoms with E-state index in [1.165, 1.54) is 17.7 Å². The van der Waals surface area contributed by atoms with Crippen molar-refractivity contribution in [2.24, 2.45) is 17.6 Å². The zero-order chi connectivity index (χ0) is 19.3. The summed E-state index contributed by atoms with van der Waals surface area (Å²) in [4.78, 5) is 15.2. The lowest BCUT2D eigenvalue weighted by Gasteiger charge is -2.51. The minimum absolute atomic E-state index is 0.0358. The van der Waals surface area contributed by atoms with E-state index >= 15 is 0 Å². The summed E-state index contributed by atoms with van der Waals surface area (Å²) in [5, 5.41) is 3.28. The van der Waals surface area contributed by atoms with Crippen LogP contribution in [0.1, 0.15) is 42.0 Å². The molecule has 3 fully saturated rings. The van der Waals surface area contributed by atoms with Crippen molar-refractivity contribution in [3.05, 3.63) is 71.0 Å². The number of carbonyl (C=O) groups excluding carboxylic acids is 1. The van der Waals surface area contributed by atoms with Crippen molar-refractivity contribution >= 4 is 6.03 Å². The predicted octanol–water partition coefficient (Wildman–Crippen LogP) is 3.61. The fraction of sp³-hybridized carbons (Fsp3) is 0.435. The lowest BCUT2D eigenvalue weighted by atomic mass is 9.60. The van der Waals surface area contributed by atoms with E-state index in [1.807, 2.05) is 17.0 Å². The molecule has 2 aromatic carbocycles. The minimum Gasteiger partial charge on any atom is -0.335 e. The molecule has 0 unspecified atom stereocenters. The number of carbonyl (C=O) groups is 1. The number of halogens is 1. The van der Waals surface area contributed by atoms with Gasteiger partial charge in [-0.25, -0.2) is 9.18 Å². The Bertz CT molecular complexity index is 878. The Morgan fingerprint density at radius 1 is 1.04 bits per heavy atom. The third-order valence-electron chi connectivity index (χ3n) is 6.95. The number of hydrogen-bond acceptors (Lipinski definition) is 2. The highest BCUT2D eigenvalue weighted by atomic mass is 19.1. The second-order valence-electron chi connectivity index (χ2n) is 8.54. The van der Waals surface area contributed by atoms with Crippen LogP contribution in [-0.2, 0) is 6.42 Å². The number of urea groups is 1. The number of nitrogens with one attached hydrogen (secondary N) is 1. The molecule has 2 bridgehead atoms. The summed E-state index contributed by atoms with van der Waals surface area (Å²) in [5.74, 6) is 0.946. The van der Waals surface area contributed by atoms with E-state index in [2.05, 4.69) is 17.4 Å². The van der Waals surface area contributed by atoms with Gasteiger partial charge in [-0.15, -0.1) is 0 Å². The van der Waals surface area contributed by atoms with E-state index in [-0.39, 0.29) is 30.0 Å². The van der Waals surface area contributed by atoms with E-state index < -0.39 is 0 Å². The first kappa shape index (κ1) is 17.7. The maximum absolute atomic E-state index is 13.5. The second kappa shape index (κ2) is 6.89. The number of fused-ring (bicyclic) bond motifs is 3. The van der Waals surface area contributed by atoms with Gasteiger partial charge in [-0.1, -0.05) is 36.4 Å². The smallest absolute Gasteiger partial charge is 0.318 e. The summed E-state index contributed by atoms with van der Waals surface area (Å²) in [6.07, 6.45) is 3.97. The van der Waals surface area contributed by atoms with Crippen LogP contribution in [0.25, 0.3) is 0 Å². The number of benzene rings is 2. The summed E-state index contributed by atoms with van der Waals surface area (Å²) < 4.78 is 13.5. The van der Waals surface area contributed by atoms with E-state index in [1.54, 1.807) is 12.1 Å². The van der Waals surface area contributed by atoms with Gasteiger partial charge in [0, 0.05) is 18.6 Å². The second-order valence-corrected chi connectivity index (χ2v) is 8.54. The van der Waals surface area contributed by atoms with Crippen molar-refractivity contribution in [2.45, 2.75) is 43.8 Å². The summed E-state index contributed by atoms with van der Waals surface area (Å²) in [6, 6.07) is 14.9. The molecule has 0 aromatic heterocycles. The Morgan fingerprint density at radius 2 is 1.79 bits per heavy atom. The van der Waals surface area contributed by atoms with Crippen LogP contribution in [-0.4, -0.2) is 29.6 Å². The van der Waals surface area contributed by atoms with Crippen molar-refractivity contribution in [2.75, 3.05) is 6.54 Å². The number of nitrogens with zero attached hydrogens (tertiary/aromatic N) is 1. The standard InChI is InChI=1S/C23H26FN3O/c24-18-7-5-15(6-8-18)22-19-4-2-1-3-14(19)9-10-27(22)23(28)26-21-13-20(25)16-11-17(21)12-16/h1-8,16-17,20-22H,9-13,25H2,(H,26,28)/t16?,17?,20-,21+,22-/m0/s1. The Hall–Kier alpha value is -2.40. The zero-order valence-electron chi connectivity index (χ0n) is 15.9. The molecule has 1 heterocycles. The van der Waals surface area contributed by atoms with Gasteiger partial charge in [0.2, 0.25) is 0 Å². The predicted molar refractivity (Wildman–Crippen MR) is 106 cm³/mol. The highest BCUT2D eigenvalue weighted by molar-refractivity contribution is 5.76. The zero-order valence-corrected chi connectivity index (χ0v) is 15.9. The van der Waals surface area contributed by atoms with E-state index in [9.17, 15) is 9.18 Å². The minimum atomic E-state index is -0.264. The molecule has 3 N–H and O–H groups in total. The van der Waals surface area contributed by atoms with Gasteiger partial charge >= 0.3 is 6.03 Å². The average Bonchev–Trinajstić information content (AvgIpc) is 2.66. The maximum Gasteiger partial charge on any atom is 0.318 e. The molecule has 28 heavy (non-hydrogen) atoms. The SMILES string of the molecule is N[C@H]1C[C@@H](NC(=O)N2CCc3ccccc3[C@@H]2c2ccc(F)cc2)C2CC1C2. The molecular formula is C23H26FN3O. The van der Waals surface area contributed by atoms with Crippen molar-refractivity contribution in [1.29, 1.82) is 0 Å². The quantitative estimate of drug-likeness (QED) is 0.837. The van der Waals surface area contributed by atoms with Crippen LogP contribution < -0.4 is 11.1 Å². The Morgan fingerprint density at radius 3 is 2.54 bits per heavy atom. The Balaban J connectivity index is 1.43. The molecule has 0 radical (unpaired) electrons. The van der Waals surface area contributed by atoms with Gasteiger partial charge in [0.15, 0.2) is 0 Å². The molecule has 0 saturated heterocycles. The van der Waals surface area contributed by atoms with E-state index in [0.717, 1.165) is 36.8 Å². The van der Waals surface area contributed by atoms with E-state index in [4.69, 9.17) is 5.73 Å². The molecule has 2 aromatic rings. The van der Waals surface area contributed by atoms with Gasteiger partial charge in [-0.3, -0.25) is 0 Å². The molecule has 2 amide bonds. The van der Waals surface area contributed by atoms with Gasteiger partial charge < -0.3 is 16.0 Å². The molecule has 4 nitrogen and oxygen atoms in total. The molecule has 3 saturated carbocycles. The third kappa shape index (κ3) is 2.98. The number of hydrogen-bond donors (Lipinski definition) is 2. The molecule has 4 aliphatic rings. The lowest BCUT2D eigenvalue weighted by Crippen LogP contribution is -2.59. The topological polar surface area (TPSA) is 58.4 Å². The van der Waals surface area contributed by atoms with Crippen molar-refractivity contribution in [3.8, 4) is 0 Å². The highest BCUT2D eigenvalue weighted by Crippen LogP contribution is 2.45. The van der Waals surface area contributed by atoms with Gasteiger partial charge in [-0.2, -0.15) is 0 Å². The van der Waals surface area contributed by atoms with Crippen LogP contribution in [0.15, 0.2) is 48.5 Å². The molecular weight excluding hydrogens is 353 g/mol. The lowest BCUT2D eigenvalue weighted by molar-refractivity contribution is 0.0531. The maximum atomic E-state index is 13.5. The summed E-state index contributed by atoms with van der Waals surface area (Å²) in [5.41, 5.74) is 9.57. The van der Waals surface area contributed by atoms with Crippen molar-refractivity contribution < 1.29 is 9.18 Å². The van der Waals surface area contributed by atoms with Gasteiger partial charge in [0.05, 0.1) is 6.04 Å². The Labute approximate surface area is 164 Å². The molecule has 1 aliphatic heterocycles. The van der Waals surface area contributed by atoms with Crippen molar-refractivity contribution in [3.63, 3.8) is 0 Å². The van der Waals surface area contributed by atoms with Crippen LogP contribution in [0.2, 0.25) is 0 Å². The first-order valence-corrected chi connectivity index (χ1v) is 10.3. The fourth-order valence-electron chi connectivity index (χ4n) is 5.27. The molecule has 3 atom stereocenters. The van der Waals surface area contributed by atoms with E-state index in [0.29, 0.717) is 18.4 Å². The van der Waals surface area contributed by atoms with Crippen molar-refractivity contribution in [1.82, 2.24) is 10.2 Å². The number of rotatable bonds is 2. The fourth-order valence-corrected chi connectivity index (χ4v) is 5.27. The summed E-state index contributed by atoms with van der Waals surface area (Å²) in [7, 11) is 0. The molecule has 3 aliphatic carbocycles.